The number of aromatic nitrogens is 2. The molecule has 0 bridgehead atoms. The normalized spacial score (nSPS) is 13.0. The summed E-state index contributed by atoms with van der Waals surface area (Å²) < 4.78 is 29.4. The van der Waals surface area contributed by atoms with Crippen molar-refractivity contribution in [1.29, 1.82) is 0 Å². The number of fused-ring (bicyclic) bond motifs is 1. The van der Waals surface area contributed by atoms with Crippen LogP contribution in [-0.2, 0) is 6.42 Å². The number of imidazole rings is 1. The van der Waals surface area contributed by atoms with Crippen LogP contribution in [0.3, 0.4) is 0 Å². The minimum Gasteiger partial charge on any atom is -0.325 e. The van der Waals surface area contributed by atoms with Crippen LogP contribution in [0.2, 0.25) is 0 Å². The van der Waals surface area contributed by atoms with Crippen LogP contribution in [0.25, 0.3) is 11.0 Å². The summed E-state index contributed by atoms with van der Waals surface area (Å²) >= 11 is 7.67. The zero-order valence-electron chi connectivity index (χ0n) is 12.2. The fourth-order valence-electron chi connectivity index (χ4n) is 2.45. The third-order valence-corrected chi connectivity index (χ3v) is 4.55. The van der Waals surface area contributed by atoms with E-state index >= 15 is 0 Å². The number of hydrogen-bond donors (Lipinski definition) is 0. The van der Waals surface area contributed by atoms with Crippen molar-refractivity contribution in [2.45, 2.75) is 32.7 Å². The van der Waals surface area contributed by atoms with Gasteiger partial charge >= 0.3 is 0 Å². The first kappa shape index (κ1) is 16.6. The Kier molecular flexibility index (Phi) is 5.88. The summed E-state index contributed by atoms with van der Waals surface area (Å²) in [5.41, 5.74) is 0.744. The molecule has 1 aromatic carbocycles. The van der Waals surface area contributed by atoms with Crippen molar-refractivity contribution in [3.63, 3.8) is 0 Å². The second kappa shape index (κ2) is 7.45. The van der Waals surface area contributed by atoms with E-state index in [2.05, 4.69) is 18.8 Å². The van der Waals surface area contributed by atoms with Gasteiger partial charge in [0.2, 0.25) is 0 Å². The molecule has 0 fully saturated rings. The van der Waals surface area contributed by atoms with Crippen LogP contribution >= 0.6 is 23.4 Å². The standard InChI is InChI=1S/C15H19ClF2N2S/c1-3-21-7-5-10(2)20-13-9-11(17)8-12(18)15(13)19-14(20)4-6-16/h8-10H,3-7H2,1-2H3. The van der Waals surface area contributed by atoms with Crippen LogP contribution < -0.4 is 0 Å². The molecule has 0 saturated heterocycles. The fourth-order valence-corrected chi connectivity index (χ4v) is 3.41. The topological polar surface area (TPSA) is 17.8 Å². The Hall–Kier alpha value is -0.810. The second-order valence-corrected chi connectivity index (χ2v) is 6.70. The number of halogens is 3. The predicted octanol–water partition coefficient (Wildman–Crippen LogP) is 4.80. The zero-order valence-corrected chi connectivity index (χ0v) is 13.8. The number of rotatable bonds is 7. The van der Waals surface area contributed by atoms with E-state index in [4.69, 9.17) is 11.6 Å². The lowest BCUT2D eigenvalue weighted by Crippen LogP contribution is -2.11. The van der Waals surface area contributed by atoms with Gasteiger partial charge < -0.3 is 4.57 Å². The molecule has 2 rings (SSSR count). The quantitative estimate of drug-likeness (QED) is 0.535. The summed E-state index contributed by atoms with van der Waals surface area (Å²) in [7, 11) is 0. The van der Waals surface area contributed by atoms with Gasteiger partial charge in [0.15, 0.2) is 5.82 Å². The molecule has 0 spiro atoms. The van der Waals surface area contributed by atoms with Gasteiger partial charge in [-0.2, -0.15) is 11.8 Å². The number of thioether (sulfide) groups is 1. The van der Waals surface area contributed by atoms with Crippen LogP contribution in [0, 0.1) is 11.6 Å². The molecule has 2 aromatic rings. The Morgan fingerprint density at radius 3 is 2.81 bits per heavy atom. The van der Waals surface area contributed by atoms with Gasteiger partial charge in [-0.25, -0.2) is 13.8 Å². The van der Waals surface area contributed by atoms with E-state index in [1.54, 1.807) is 0 Å². The molecule has 0 aliphatic rings. The largest absolute Gasteiger partial charge is 0.325 e. The Labute approximate surface area is 132 Å². The molecule has 0 saturated carbocycles. The molecule has 0 radical (unpaired) electrons. The van der Waals surface area contributed by atoms with E-state index < -0.39 is 11.6 Å². The number of aryl methyl sites for hydroxylation is 1. The fraction of sp³-hybridized carbons (Fsp3) is 0.533. The van der Waals surface area contributed by atoms with Gasteiger partial charge in [-0.15, -0.1) is 11.6 Å². The average Bonchev–Trinajstić information content (AvgIpc) is 2.78. The molecular weight excluding hydrogens is 314 g/mol. The summed E-state index contributed by atoms with van der Waals surface area (Å²) in [6.45, 7) is 4.17. The average molecular weight is 333 g/mol. The SMILES string of the molecule is CCSCCC(C)n1c(CCCl)nc2c(F)cc(F)cc21. The van der Waals surface area contributed by atoms with Gasteiger partial charge in [0.25, 0.3) is 0 Å². The Morgan fingerprint density at radius 2 is 2.14 bits per heavy atom. The lowest BCUT2D eigenvalue weighted by atomic mass is 10.2. The van der Waals surface area contributed by atoms with Gasteiger partial charge in [0, 0.05) is 24.4 Å². The molecule has 0 aliphatic carbocycles. The highest BCUT2D eigenvalue weighted by Crippen LogP contribution is 2.27. The first-order valence-electron chi connectivity index (χ1n) is 7.08. The molecule has 0 N–H and O–H groups in total. The van der Waals surface area contributed by atoms with E-state index in [0.717, 1.165) is 29.8 Å². The van der Waals surface area contributed by atoms with Gasteiger partial charge in [0.1, 0.15) is 17.2 Å². The van der Waals surface area contributed by atoms with Crippen molar-refractivity contribution < 1.29 is 8.78 Å². The second-order valence-electron chi connectivity index (χ2n) is 4.93. The zero-order chi connectivity index (χ0) is 15.4. The maximum Gasteiger partial charge on any atom is 0.153 e. The first-order chi connectivity index (χ1) is 10.1. The molecule has 1 unspecified atom stereocenters. The number of alkyl halides is 1. The summed E-state index contributed by atoms with van der Waals surface area (Å²) in [5.74, 6) is 2.01. The van der Waals surface area contributed by atoms with Crippen molar-refractivity contribution in [1.82, 2.24) is 9.55 Å². The van der Waals surface area contributed by atoms with E-state index in [0.29, 0.717) is 17.8 Å². The molecule has 0 aliphatic heterocycles. The van der Waals surface area contributed by atoms with Gasteiger partial charge in [-0.1, -0.05) is 6.92 Å². The van der Waals surface area contributed by atoms with Crippen molar-refractivity contribution in [2.75, 3.05) is 17.4 Å². The smallest absolute Gasteiger partial charge is 0.153 e. The molecular formula is C15H19ClF2N2S. The van der Waals surface area contributed by atoms with Gasteiger partial charge in [0.05, 0.1) is 5.52 Å². The third kappa shape index (κ3) is 3.69. The van der Waals surface area contributed by atoms with Crippen LogP contribution in [0.5, 0.6) is 0 Å². The van der Waals surface area contributed by atoms with E-state index in [9.17, 15) is 8.78 Å². The van der Waals surface area contributed by atoms with Crippen molar-refractivity contribution in [2.24, 2.45) is 0 Å². The number of nitrogens with zero attached hydrogens (tertiary/aromatic N) is 2. The lowest BCUT2D eigenvalue weighted by Gasteiger charge is -2.17. The van der Waals surface area contributed by atoms with E-state index in [1.807, 2.05) is 16.3 Å². The summed E-state index contributed by atoms with van der Waals surface area (Å²) in [4.78, 5) is 4.32. The van der Waals surface area contributed by atoms with Crippen LogP contribution in [-0.4, -0.2) is 26.9 Å². The monoisotopic (exact) mass is 332 g/mol. The molecule has 1 atom stereocenters. The van der Waals surface area contributed by atoms with Crippen molar-refractivity contribution >= 4 is 34.4 Å². The minimum absolute atomic E-state index is 0.133. The maximum absolute atomic E-state index is 13.9. The van der Waals surface area contributed by atoms with Crippen LogP contribution in [0.4, 0.5) is 8.78 Å². The molecule has 21 heavy (non-hydrogen) atoms. The van der Waals surface area contributed by atoms with Gasteiger partial charge in [-0.05, 0) is 30.9 Å². The molecule has 1 aromatic heterocycles. The molecule has 1 heterocycles. The first-order valence-corrected chi connectivity index (χ1v) is 8.77. The number of hydrogen-bond acceptors (Lipinski definition) is 2. The molecule has 2 nitrogen and oxygen atoms in total. The summed E-state index contributed by atoms with van der Waals surface area (Å²) in [6.07, 6.45) is 1.47. The molecule has 6 heteroatoms. The number of benzene rings is 1. The Balaban J connectivity index is 2.44. The van der Waals surface area contributed by atoms with E-state index in [1.165, 1.54) is 6.07 Å². The maximum atomic E-state index is 13.9. The third-order valence-electron chi connectivity index (χ3n) is 3.43. The highest BCUT2D eigenvalue weighted by molar-refractivity contribution is 7.99. The van der Waals surface area contributed by atoms with Crippen molar-refractivity contribution in [3.05, 3.63) is 29.6 Å². The minimum atomic E-state index is -0.616. The highest BCUT2D eigenvalue weighted by Gasteiger charge is 2.18. The highest BCUT2D eigenvalue weighted by atomic mass is 35.5. The van der Waals surface area contributed by atoms with Crippen LogP contribution in [0.15, 0.2) is 12.1 Å². The summed E-state index contributed by atoms with van der Waals surface area (Å²) in [5, 5.41) is 0. The molecule has 116 valence electrons. The van der Waals surface area contributed by atoms with Crippen molar-refractivity contribution in [3.8, 4) is 0 Å². The summed E-state index contributed by atoms with van der Waals surface area (Å²) in [6, 6.07) is 2.36. The molecule has 0 amide bonds. The lowest BCUT2D eigenvalue weighted by molar-refractivity contribution is 0.527. The van der Waals surface area contributed by atoms with Gasteiger partial charge in [-0.3, -0.25) is 0 Å². The Bertz CT molecular complexity index is 615. The Morgan fingerprint density at radius 1 is 1.38 bits per heavy atom. The van der Waals surface area contributed by atoms with E-state index in [-0.39, 0.29) is 11.6 Å². The predicted molar refractivity (Wildman–Crippen MR) is 86.4 cm³/mol. The van der Waals surface area contributed by atoms with Crippen LogP contribution in [0.1, 0.15) is 32.1 Å².